The van der Waals surface area contributed by atoms with E-state index in [1.54, 1.807) is 7.11 Å². The van der Waals surface area contributed by atoms with E-state index in [2.05, 4.69) is 13.0 Å². The number of carboxylic acids is 1. The fourth-order valence-electron chi connectivity index (χ4n) is 6.47. The van der Waals surface area contributed by atoms with E-state index in [0.717, 1.165) is 50.5 Å². The Hall–Kier alpha value is -2.12. The van der Waals surface area contributed by atoms with Gasteiger partial charge in [-0.15, -0.1) is 0 Å². The minimum Gasteiger partial charge on any atom is -0.482 e. The van der Waals surface area contributed by atoms with Gasteiger partial charge in [-0.3, -0.25) is 4.79 Å². The van der Waals surface area contributed by atoms with Crippen LogP contribution in [0.3, 0.4) is 0 Å². The third-order valence-electron chi connectivity index (χ3n) is 8.44. The summed E-state index contributed by atoms with van der Waals surface area (Å²) in [7, 11) is 1.58. The third kappa shape index (κ3) is 9.26. The zero-order valence-corrected chi connectivity index (χ0v) is 23.4. The molecule has 7 nitrogen and oxygen atoms in total. The molecule has 0 amide bonds. The Morgan fingerprint density at radius 2 is 1.82 bits per heavy atom. The number of hydrogen-bond acceptors (Lipinski definition) is 6. The summed E-state index contributed by atoms with van der Waals surface area (Å²) in [6.45, 7) is 2.22. The Kier molecular flexibility index (Phi) is 12.9. The molecular weight excluding hydrogens is 484 g/mol. The number of methoxy groups -OCH3 is 1. The van der Waals surface area contributed by atoms with Crippen molar-refractivity contribution in [2.75, 3.05) is 20.3 Å². The van der Waals surface area contributed by atoms with Crippen LogP contribution in [0.5, 0.6) is 5.75 Å². The van der Waals surface area contributed by atoms with E-state index < -0.39 is 5.97 Å². The van der Waals surface area contributed by atoms with E-state index in [4.69, 9.17) is 19.3 Å². The average Bonchev–Trinajstić information content (AvgIpc) is 3.23. The molecule has 2 aliphatic carbocycles. The second kappa shape index (κ2) is 16.1. The number of ether oxygens (including phenoxy) is 3. The van der Waals surface area contributed by atoms with Gasteiger partial charge in [-0.2, -0.15) is 0 Å². The van der Waals surface area contributed by atoms with Crippen LogP contribution in [0.1, 0.15) is 95.1 Å². The molecule has 0 saturated heterocycles. The zero-order chi connectivity index (χ0) is 27.3. The van der Waals surface area contributed by atoms with Crippen LogP contribution < -0.4 is 4.74 Å². The number of hydrogen-bond donors (Lipinski definition) is 2. The molecule has 1 aromatic carbocycles. The van der Waals surface area contributed by atoms with Crippen molar-refractivity contribution in [2.24, 2.45) is 17.8 Å². The second-order valence-electron chi connectivity index (χ2n) is 11.2. The quantitative estimate of drug-likeness (QED) is 0.184. The largest absolute Gasteiger partial charge is 0.482 e. The number of esters is 1. The van der Waals surface area contributed by atoms with Gasteiger partial charge in [-0.1, -0.05) is 64.0 Å². The molecule has 5 atom stereocenters. The highest BCUT2D eigenvalue weighted by atomic mass is 16.5. The molecule has 0 heterocycles. The molecule has 1 aromatic rings. The van der Waals surface area contributed by atoms with Gasteiger partial charge in [-0.05, 0) is 73.5 Å². The molecule has 0 aliphatic heterocycles. The number of carbonyl (C=O) groups excluding carboxylic acids is 1. The van der Waals surface area contributed by atoms with Crippen LogP contribution in [0, 0.1) is 17.8 Å². The van der Waals surface area contributed by atoms with E-state index >= 15 is 0 Å². The number of aliphatic hydroxyl groups excluding tert-OH is 1. The maximum atomic E-state index is 12.5. The smallest absolute Gasteiger partial charge is 0.341 e. The van der Waals surface area contributed by atoms with Crippen LogP contribution in [0.2, 0.25) is 0 Å². The summed E-state index contributed by atoms with van der Waals surface area (Å²) >= 11 is 0. The molecule has 0 bridgehead atoms. The van der Waals surface area contributed by atoms with Gasteiger partial charge in [0.15, 0.2) is 6.61 Å². The predicted octanol–water partition coefficient (Wildman–Crippen LogP) is 5.73. The van der Waals surface area contributed by atoms with Gasteiger partial charge in [0.05, 0.1) is 19.1 Å². The lowest BCUT2D eigenvalue weighted by atomic mass is 9.73. The number of carbonyl (C=O) groups is 2. The van der Waals surface area contributed by atoms with Gasteiger partial charge in [-0.25, -0.2) is 4.79 Å². The molecule has 7 heteroatoms. The summed E-state index contributed by atoms with van der Waals surface area (Å²) in [5.74, 6) is 0.325. The van der Waals surface area contributed by atoms with E-state index in [1.165, 1.54) is 44.1 Å². The lowest BCUT2D eigenvalue weighted by Gasteiger charge is -2.32. The molecule has 38 heavy (non-hydrogen) atoms. The topological polar surface area (TPSA) is 102 Å². The number of carboxylic acid groups (broad SMARTS) is 1. The van der Waals surface area contributed by atoms with Crippen molar-refractivity contribution in [3.05, 3.63) is 29.3 Å². The van der Waals surface area contributed by atoms with Crippen molar-refractivity contribution in [3.8, 4) is 5.75 Å². The minimum atomic E-state index is -0.990. The Morgan fingerprint density at radius 3 is 2.55 bits per heavy atom. The maximum Gasteiger partial charge on any atom is 0.341 e. The molecular formula is C31H48O7. The summed E-state index contributed by atoms with van der Waals surface area (Å²) in [5, 5.41) is 19.8. The maximum absolute atomic E-state index is 12.5. The fourth-order valence-corrected chi connectivity index (χ4v) is 6.47. The standard InChI is InChI=1S/C31H48O7/c1-3-4-5-6-7-8-9-12-24(32)14-15-25-26-18-22-11-10-13-28(37-21-30(33)34)27(22)19-23(26)20-29(25)38-31(35)16-17-36-2/h10-11,13,23-26,29,32H,3-9,12,14-21H2,1-2H3,(H,33,34)/t23-,24-,25+,26-,29+/m0/s1. The molecule has 1 fully saturated rings. The predicted molar refractivity (Wildman–Crippen MR) is 146 cm³/mol. The van der Waals surface area contributed by atoms with Gasteiger partial charge < -0.3 is 24.4 Å². The van der Waals surface area contributed by atoms with E-state index in [-0.39, 0.29) is 37.1 Å². The molecule has 0 aromatic heterocycles. The van der Waals surface area contributed by atoms with Crippen molar-refractivity contribution in [2.45, 2.75) is 109 Å². The van der Waals surface area contributed by atoms with Crippen LogP contribution in [-0.2, 0) is 31.9 Å². The summed E-state index contributed by atoms with van der Waals surface area (Å²) in [6, 6.07) is 5.87. The molecule has 0 unspecified atom stereocenters. The molecule has 2 N–H and O–H groups in total. The van der Waals surface area contributed by atoms with Crippen LogP contribution in [0.15, 0.2) is 18.2 Å². The number of rotatable bonds is 18. The number of unbranched alkanes of at least 4 members (excludes halogenated alkanes) is 6. The summed E-state index contributed by atoms with van der Waals surface area (Å²) in [6.07, 6.45) is 13.2. The van der Waals surface area contributed by atoms with Crippen molar-refractivity contribution in [1.29, 1.82) is 0 Å². The molecule has 2 aliphatic rings. The van der Waals surface area contributed by atoms with Gasteiger partial charge >= 0.3 is 11.9 Å². The van der Waals surface area contributed by atoms with Crippen LogP contribution in [0.25, 0.3) is 0 Å². The Morgan fingerprint density at radius 1 is 1.05 bits per heavy atom. The van der Waals surface area contributed by atoms with Crippen LogP contribution in [-0.4, -0.2) is 54.7 Å². The zero-order valence-electron chi connectivity index (χ0n) is 23.4. The second-order valence-corrected chi connectivity index (χ2v) is 11.2. The Labute approximate surface area is 228 Å². The minimum absolute atomic E-state index is 0.169. The van der Waals surface area contributed by atoms with E-state index in [1.807, 2.05) is 12.1 Å². The van der Waals surface area contributed by atoms with E-state index in [0.29, 0.717) is 24.2 Å². The number of aliphatic hydroxyl groups is 1. The first-order chi connectivity index (χ1) is 18.4. The highest BCUT2D eigenvalue weighted by molar-refractivity contribution is 5.69. The van der Waals surface area contributed by atoms with Gasteiger partial charge in [0.1, 0.15) is 11.9 Å². The van der Waals surface area contributed by atoms with Gasteiger partial charge in [0, 0.05) is 7.11 Å². The van der Waals surface area contributed by atoms with Crippen molar-refractivity contribution in [1.82, 2.24) is 0 Å². The molecule has 3 rings (SSSR count). The van der Waals surface area contributed by atoms with Crippen molar-refractivity contribution >= 4 is 11.9 Å². The number of fused-ring (bicyclic) bond motifs is 2. The first-order valence-corrected chi connectivity index (χ1v) is 14.7. The summed E-state index contributed by atoms with van der Waals surface area (Å²) in [4.78, 5) is 23.6. The van der Waals surface area contributed by atoms with Crippen LogP contribution in [0.4, 0.5) is 0 Å². The Bertz CT molecular complexity index is 870. The lowest BCUT2D eigenvalue weighted by molar-refractivity contribution is -0.152. The average molecular weight is 533 g/mol. The molecule has 0 spiro atoms. The monoisotopic (exact) mass is 532 g/mol. The van der Waals surface area contributed by atoms with Gasteiger partial charge in [0.25, 0.3) is 0 Å². The highest BCUT2D eigenvalue weighted by Gasteiger charge is 2.47. The summed E-state index contributed by atoms with van der Waals surface area (Å²) < 4.78 is 16.6. The molecule has 0 radical (unpaired) electrons. The Balaban J connectivity index is 1.60. The van der Waals surface area contributed by atoms with Gasteiger partial charge in [0.2, 0.25) is 0 Å². The normalized spacial score (nSPS) is 22.9. The lowest BCUT2D eigenvalue weighted by Crippen LogP contribution is -2.30. The highest BCUT2D eigenvalue weighted by Crippen LogP contribution is 2.49. The first kappa shape index (κ1) is 30.4. The van der Waals surface area contributed by atoms with E-state index in [9.17, 15) is 14.7 Å². The van der Waals surface area contributed by atoms with Crippen LogP contribution >= 0.6 is 0 Å². The van der Waals surface area contributed by atoms with Crippen molar-refractivity contribution in [3.63, 3.8) is 0 Å². The first-order valence-electron chi connectivity index (χ1n) is 14.7. The fraction of sp³-hybridized carbons (Fsp3) is 0.742. The van der Waals surface area contributed by atoms with Crippen molar-refractivity contribution < 1.29 is 34.0 Å². The number of aliphatic carboxylic acids is 1. The third-order valence-corrected chi connectivity index (χ3v) is 8.44. The summed E-state index contributed by atoms with van der Waals surface area (Å²) in [5.41, 5.74) is 2.27. The molecule has 214 valence electrons. The molecule has 1 saturated carbocycles. The SMILES string of the molecule is CCCCCCCCC[C@H](O)CC[C@@H]1[C@H]2Cc3cccc(OCC(=O)O)c3C[C@H]2C[C@H]1OC(=O)CCOC. The number of benzene rings is 1.